The molecule has 1 unspecified atom stereocenters. The third kappa shape index (κ3) is 4.89. The minimum Gasteiger partial charge on any atom is -0.453 e. The van der Waals surface area contributed by atoms with Crippen molar-refractivity contribution in [2.24, 2.45) is 0 Å². The second-order valence-corrected chi connectivity index (χ2v) is 9.67. The smallest absolute Gasteiger partial charge is 0.339 e. The van der Waals surface area contributed by atoms with Crippen LogP contribution in [-0.4, -0.2) is 23.0 Å². The van der Waals surface area contributed by atoms with Crippen molar-refractivity contribution in [2.45, 2.75) is 19.1 Å². The van der Waals surface area contributed by atoms with Gasteiger partial charge in [-0.2, -0.15) is 0 Å². The van der Waals surface area contributed by atoms with Crippen molar-refractivity contribution >= 4 is 28.5 Å². The highest BCUT2D eigenvalue weighted by Crippen LogP contribution is 2.36. The van der Waals surface area contributed by atoms with E-state index in [0.29, 0.717) is 22.3 Å². The molecule has 2 heterocycles. The van der Waals surface area contributed by atoms with Crippen LogP contribution in [0.4, 0.5) is 10.1 Å². The molecule has 1 atom stereocenters. The second kappa shape index (κ2) is 10.6. The number of benzene rings is 4. The Morgan fingerprint density at radius 2 is 1.55 bits per heavy atom. The molecule has 0 N–H and O–H groups in total. The molecule has 6 rings (SSSR count). The molecule has 4 aromatic carbocycles. The number of cyclic esters (lactones) is 1. The maximum absolute atomic E-state index is 14.0. The predicted molar refractivity (Wildman–Crippen MR) is 152 cm³/mol. The Morgan fingerprint density at radius 1 is 0.825 bits per heavy atom. The van der Waals surface area contributed by atoms with Crippen LogP contribution in [0.5, 0.6) is 0 Å². The van der Waals surface area contributed by atoms with E-state index < -0.39 is 17.9 Å². The minimum absolute atomic E-state index is 0.0582. The summed E-state index contributed by atoms with van der Waals surface area (Å²) in [6.45, 7) is 0.320. The van der Waals surface area contributed by atoms with Crippen LogP contribution < -0.4 is 10.5 Å². The molecular weight excluding hydrogens is 507 g/mol. The van der Waals surface area contributed by atoms with E-state index in [1.165, 1.54) is 22.8 Å². The number of hydrogen-bond donors (Lipinski definition) is 0. The largest absolute Gasteiger partial charge is 0.453 e. The van der Waals surface area contributed by atoms with Gasteiger partial charge in [-0.1, -0.05) is 60.7 Å². The number of esters is 1. The average Bonchev–Trinajstić information content (AvgIpc) is 3.29. The van der Waals surface area contributed by atoms with Crippen LogP contribution in [0.3, 0.4) is 0 Å². The average molecular weight is 533 g/mol. The molecule has 0 bridgehead atoms. The van der Waals surface area contributed by atoms with Crippen LogP contribution in [0.25, 0.3) is 22.0 Å². The molecule has 0 radical (unpaired) electrons. The van der Waals surface area contributed by atoms with Gasteiger partial charge in [0.15, 0.2) is 0 Å². The van der Waals surface area contributed by atoms with E-state index in [2.05, 4.69) is 0 Å². The summed E-state index contributed by atoms with van der Waals surface area (Å²) >= 11 is 0. The summed E-state index contributed by atoms with van der Waals surface area (Å²) < 4.78 is 21.1. The monoisotopic (exact) mass is 532 g/mol. The summed E-state index contributed by atoms with van der Waals surface area (Å²) in [5.41, 5.74) is 3.83. The molecule has 1 amide bonds. The van der Waals surface area contributed by atoms with E-state index in [9.17, 15) is 18.8 Å². The molecule has 1 aliphatic rings. The molecule has 0 saturated heterocycles. The lowest BCUT2D eigenvalue weighted by Crippen LogP contribution is -2.36. The number of para-hydroxylation sites is 1. The topological polar surface area (TPSA) is 68.6 Å². The van der Waals surface area contributed by atoms with Gasteiger partial charge in [0.2, 0.25) is 5.91 Å². The first-order valence-corrected chi connectivity index (χ1v) is 13.0. The summed E-state index contributed by atoms with van der Waals surface area (Å²) in [5, 5.41) is 0.725. The first-order chi connectivity index (χ1) is 19.5. The van der Waals surface area contributed by atoms with Gasteiger partial charge in [0.1, 0.15) is 11.9 Å². The van der Waals surface area contributed by atoms with Gasteiger partial charge in [0, 0.05) is 30.4 Å². The number of halogens is 1. The van der Waals surface area contributed by atoms with E-state index >= 15 is 0 Å². The number of ether oxygens (including phenoxy) is 1. The molecule has 1 aromatic heterocycles. The van der Waals surface area contributed by atoms with Gasteiger partial charge >= 0.3 is 5.97 Å². The van der Waals surface area contributed by atoms with Crippen LogP contribution in [0.1, 0.15) is 28.4 Å². The second-order valence-electron chi connectivity index (χ2n) is 9.67. The number of fused-ring (bicyclic) bond motifs is 2. The molecule has 5 aromatic rings. The lowest BCUT2D eigenvalue weighted by Gasteiger charge is -2.25. The summed E-state index contributed by atoms with van der Waals surface area (Å²) in [4.78, 5) is 40.8. The van der Waals surface area contributed by atoms with Gasteiger partial charge in [0.25, 0.3) is 5.56 Å². The van der Waals surface area contributed by atoms with E-state index in [-0.39, 0.29) is 31.0 Å². The van der Waals surface area contributed by atoms with Crippen molar-refractivity contribution in [3.63, 3.8) is 0 Å². The standard InChI is InChI=1S/C33H25FN2O4/c34-25-14-11-23-13-16-31(37)36(29(23)20-25)18-17-35(26-9-5-2-6-10-26)32(38)21-30-27-15-12-24(19-28(27)33(39)40-30)22-7-3-1-4-8-22/h1-16,19-20,30H,17-18,21H2. The van der Waals surface area contributed by atoms with Gasteiger partial charge < -0.3 is 14.2 Å². The van der Waals surface area contributed by atoms with Crippen LogP contribution >= 0.6 is 0 Å². The van der Waals surface area contributed by atoms with Gasteiger partial charge in [-0.05, 0) is 59.0 Å². The van der Waals surface area contributed by atoms with Crippen LogP contribution in [-0.2, 0) is 16.1 Å². The first kappa shape index (κ1) is 25.2. The van der Waals surface area contributed by atoms with Crippen molar-refractivity contribution < 1.29 is 18.7 Å². The number of carbonyl (C=O) groups excluding carboxylic acids is 2. The van der Waals surface area contributed by atoms with Crippen molar-refractivity contribution in [1.29, 1.82) is 0 Å². The van der Waals surface area contributed by atoms with Crippen molar-refractivity contribution in [3.8, 4) is 11.1 Å². The maximum atomic E-state index is 14.0. The number of anilines is 1. The number of rotatable bonds is 7. The lowest BCUT2D eigenvalue weighted by molar-refractivity contribution is -0.120. The Bertz CT molecular complexity index is 1780. The summed E-state index contributed by atoms with van der Waals surface area (Å²) in [6, 6.07) is 31.8. The fraction of sp³-hybridized carbons (Fsp3) is 0.121. The highest BCUT2D eigenvalue weighted by Gasteiger charge is 2.34. The van der Waals surface area contributed by atoms with E-state index in [1.54, 1.807) is 23.1 Å². The van der Waals surface area contributed by atoms with E-state index in [1.807, 2.05) is 72.8 Å². The fourth-order valence-corrected chi connectivity index (χ4v) is 5.20. The number of aromatic nitrogens is 1. The zero-order valence-corrected chi connectivity index (χ0v) is 21.5. The summed E-state index contributed by atoms with van der Waals surface area (Å²) in [5.74, 6) is -1.16. The van der Waals surface area contributed by atoms with Crippen molar-refractivity contribution in [2.75, 3.05) is 11.4 Å². The van der Waals surface area contributed by atoms with Crippen LogP contribution in [0.2, 0.25) is 0 Å². The van der Waals surface area contributed by atoms with Crippen molar-refractivity contribution in [1.82, 2.24) is 4.57 Å². The highest BCUT2D eigenvalue weighted by atomic mass is 19.1. The molecule has 40 heavy (non-hydrogen) atoms. The Hall–Kier alpha value is -5.04. The summed E-state index contributed by atoms with van der Waals surface area (Å²) in [7, 11) is 0. The van der Waals surface area contributed by atoms with Crippen molar-refractivity contribution in [3.05, 3.63) is 136 Å². The van der Waals surface area contributed by atoms with E-state index in [0.717, 1.165) is 16.5 Å². The molecule has 0 aliphatic carbocycles. The number of nitrogens with zero attached hydrogens (tertiary/aromatic N) is 2. The van der Waals surface area contributed by atoms with Gasteiger partial charge in [-0.3, -0.25) is 9.59 Å². The van der Waals surface area contributed by atoms with Gasteiger partial charge in [0.05, 0.1) is 17.5 Å². The van der Waals surface area contributed by atoms with Crippen LogP contribution in [0, 0.1) is 5.82 Å². The number of amides is 1. The minimum atomic E-state index is -0.722. The Balaban J connectivity index is 1.27. The quantitative estimate of drug-likeness (QED) is 0.236. The SMILES string of the molecule is O=C1OC(CC(=O)N(CCn2c(=O)ccc3ccc(F)cc32)c2ccccc2)c2ccc(-c3ccccc3)cc21. The third-order valence-electron chi connectivity index (χ3n) is 7.21. The molecular formula is C33H25FN2O4. The van der Waals surface area contributed by atoms with Gasteiger partial charge in [-0.15, -0.1) is 0 Å². The third-order valence-corrected chi connectivity index (χ3v) is 7.21. The molecule has 0 spiro atoms. The number of carbonyl (C=O) groups is 2. The Labute approximate surface area is 229 Å². The molecule has 198 valence electrons. The lowest BCUT2D eigenvalue weighted by atomic mass is 9.97. The Morgan fingerprint density at radius 3 is 2.33 bits per heavy atom. The van der Waals surface area contributed by atoms with Crippen LogP contribution in [0.15, 0.2) is 114 Å². The predicted octanol–water partition coefficient (Wildman–Crippen LogP) is 6.14. The molecule has 0 saturated carbocycles. The van der Waals surface area contributed by atoms with Gasteiger partial charge in [-0.25, -0.2) is 9.18 Å². The number of pyridine rings is 1. The normalized spacial score (nSPS) is 14.1. The number of hydrogen-bond acceptors (Lipinski definition) is 4. The summed E-state index contributed by atoms with van der Waals surface area (Å²) in [6.07, 6.45) is -0.780. The molecule has 6 nitrogen and oxygen atoms in total. The first-order valence-electron chi connectivity index (χ1n) is 13.0. The zero-order valence-electron chi connectivity index (χ0n) is 21.5. The highest BCUT2D eigenvalue weighted by molar-refractivity contribution is 5.98. The molecule has 7 heteroatoms. The molecule has 0 fully saturated rings. The van der Waals surface area contributed by atoms with E-state index in [4.69, 9.17) is 4.74 Å². The zero-order chi connectivity index (χ0) is 27.6. The maximum Gasteiger partial charge on any atom is 0.339 e. The fourth-order valence-electron chi connectivity index (χ4n) is 5.20. The molecule has 1 aliphatic heterocycles. The Kier molecular flexibility index (Phi) is 6.70.